The zero-order valence-electron chi connectivity index (χ0n) is 13.4. The molecule has 120 valence electrons. The van der Waals surface area contributed by atoms with E-state index in [9.17, 15) is 4.79 Å². The number of hydrogen-bond donors (Lipinski definition) is 2. The van der Waals surface area contributed by atoms with Gasteiger partial charge in [-0.05, 0) is 44.0 Å². The fraction of sp³-hybridized carbons (Fsp3) is 0.611. The molecule has 1 unspecified atom stereocenters. The highest BCUT2D eigenvalue weighted by atomic mass is 16.1. The lowest BCUT2D eigenvalue weighted by Crippen LogP contribution is -2.40. The summed E-state index contributed by atoms with van der Waals surface area (Å²) in [6, 6.07) is 10.9. The van der Waals surface area contributed by atoms with Crippen molar-refractivity contribution >= 4 is 5.91 Å². The molecule has 2 aliphatic heterocycles. The Morgan fingerprint density at radius 2 is 2.00 bits per heavy atom. The van der Waals surface area contributed by atoms with Crippen LogP contribution in [0.4, 0.5) is 0 Å². The van der Waals surface area contributed by atoms with Crippen molar-refractivity contribution in [1.82, 2.24) is 15.5 Å². The summed E-state index contributed by atoms with van der Waals surface area (Å²) in [5.41, 5.74) is 1.31. The minimum Gasteiger partial charge on any atom is -0.354 e. The summed E-state index contributed by atoms with van der Waals surface area (Å²) in [5.74, 6) is 0.759. The molecule has 2 fully saturated rings. The Morgan fingerprint density at radius 1 is 1.27 bits per heavy atom. The molecule has 1 aromatic carbocycles. The third-order valence-electron chi connectivity index (χ3n) is 5.09. The fourth-order valence-corrected chi connectivity index (χ4v) is 3.68. The molecule has 0 aromatic heterocycles. The van der Waals surface area contributed by atoms with E-state index in [0.29, 0.717) is 18.5 Å². The normalized spacial score (nSPS) is 27.0. The molecule has 0 spiro atoms. The van der Waals surface area contributed by atoms with E-state index in [1.54, 1.807) is 0 Å². The van der Waals surface area contributed by atoms with Crippen molar-refractivity contribution in [3.8, 4) is 0 Å². The summed E-state index contributed by atoms with van der Waals surface area (Å²) < 4.78 is 0. The second-order valence-electron chi connectivity index (χ2n) is 6.66. The molecule has 2 aliphatic rings. The van der Waals surface area contributed by atoms with Gasteiger partial charge in [-0.15, -0.1) is 0 Å². The second kappa shape index (κ2) is 7.25. The van der Waals surface area contributed by atoms with E-state index in [4.69, 9.17) is 0 Å². The highest BCUT2D eigenvalue weighted by Gasteiger charge is 2.30. The summed E-state index contributed by atoms with van der Waals surface area (Å²) in [5, 5.41) is 6.52. The second-order valence-corrected chi connectivity index (χ2v) is 6.66. The molecule has 3 atom stereocenters. The van der Waals surface area contributed by atoms with Crippen molar-refractivity contribution in [2.24, 2.45) is 11.8 Å². The lowest BCUT2D eigenvalue weighted by Gasteiger charge is -2.29. The Morgan fingerprint density at radius 3 is 2.64 bits per heavy atom. The van der Waals surface area contributed by atoms with E-state index < -0.39 is 0 Å². The lowest BCUT2D eigenvalue weighted by molar-refractivity contribution is -0.125. The van der Waals surface area contributed by atoms with Crippen LogP contribution < -0.4 is 10.6 Å². The monoisotopic (exact) mass is 301 g/mol. The van der Waals surface area contributed by atoms with Crippen LogP contribution in [0.25, 0.3) is 0 Å². The lowest BCUT2D eigenvalue weighted by atomic mass is 9.97. The van der Waals surface area contributed by atoms with Crippen molar-refractivity contribution in [2.75, 3.05) is 32.7 Å². The zero-order valence-corrected chi connectivity index (χ0v) is 13.4. The molecule has 4 nitrogen and oxygen atoms in total. The maximum atomic E-state index is 12.4. The third-order valence-corrected chi connectivity index (χ3v) is 5.09. The minimum atomic E-state index is 0.120. The predicted octanol–water partition coefficient (Wildman–Crippen LogP) is 1.80. The molecule has 2 heterocycles. The van der Waals surface area contributed by atoms with E-state index in [2.05, 4.69) is 52.8 Å². The van der Waals surface area contributed by atoms with Crippen molar-refractivity contribution in [2.45, 2.75) is 25.8 Å². The Bertz CT molecular complexity index is 484. The van der Waals surface area contributed by atoms with Crippen molar-refractivity contribution < 1.29 is 4.79 Å². The summed E-state index contributed by atoms with van der Waals surface area (Å²) in [7, 11) is 0. The molecule has 3 rings (SSSR count). The first kappa shape index (κ1) is 15.5. The maximum Gasteiger partial charge on any atom is 0.224 e. The van der Waals surface area contributed by atoms with Gasteiger partial charge in [0.25, 0.3) is 0 Å². The van der Waals surface area contributed by atoms with Gasteiger partial charge in [-0.25, -0.2) is 0 Å². The average molecular weight is 301 g/mol. The van der Waals surface area contributed by atoms with Gasteiger partial charge < -0.3 is 10.6 Å². The number of nitrogens with one attached hydrogen (secondary N) is 2. The fourth-order valence-electron chi connectivity index (χ4n) is 3.68. The van der Waals surface area contributed by atoms with Crippen molar-refractivity contribution in [3.05, 3.63) is 35.9 Å². The molecule has 22 heavy (non-hydrogen) atoms. The van der Waals surface area contributed by atoms with Crippen LogP contribution in [-0.2, 0) is 4.79 Å². The minimum absolute atomic E-state index is 0.120. The van der Waals surface area contributed by atoms with Crippen LogP contribution in [0, 0.1) is 11.8 Å². The number of amides is 1. The highest BCUT2D eigenvalue weighted by molar-refractivity contribution is 5.79. The molecule has 2 saturated heterocycles. The third kappa shape index (κ3) is 3.50. The van der Waals surface area contributed by atoms with Crippen molar-refractivity contribution in [3.63, 3.8) is 0 Å². The molecular weight excluding hydrogens is 274 g/mol. The SMILES string of the molecule is C[C@@H]1CNC[C@H]1C(=O)NCC(c1ccccc1)N1CCCC1. The van der Waals surface area contributed by atoms with Crippen LogP contribution in [-0.4, -0.2) is 43.5 Å². The zero-order chi connectivity index (χ0) is 15.4. The maximum absolute atomic E-state index is 12.4. The first-order chi connectivity index (χ1) is 10.8. The summed E-state index contributed by atoms with van der Waals surface area (Å²) in [6.45, 7) is 6.90. The summed E-state index contributed by atoms with van der Waals surface area (Å²) in [6.07, 6.45) is 2.53. The Hall–Kier alpha value is -1.39. The van der Waals surface area contributed by atoms with Gasteiger partial charge in [0.2, 0.25) is 5.91 Å². The van der Waals surface area contributed by atoms with Crippen molar-refractivity contribution in [1.29, 1.82) is 0 Å². The summed E-state index contributed by atoms with van der Waals surface area (Å²) >= 11 is 0. The number of carbonyl (C=O) groups excluding carboxylic acids is 1. The Kier molecular flexibility index (Phi) is 5.11. The number of nitrogens with zero attached hydrogens (tertiary/aromatic N) is 1. The van der Waals surface area contributed by atoms with Gasteiger partial charge in [0.05, 0.1) is 12.0 Å². The van der Waals surface area contributed by atoms with Crippen LogP contribution in [0.1, 0.15) is 31.4 Å². The van der Waals surface area contributed by atoms with Gasteiger partial charge in [-0.3, -0.25) is 9.69 Å². The van der Waals surface area contributed by atoms with Crippen LogP contribution in [0.2, 0.25) is 0 Å². The van der Waals surface area contributed by atoms with Crippen LogP contribution >= 0.6 is 0 Å². The molecule has 1 aromatic rings. The highest BCUT2D eigenvalue weighted by Crippen LogP contribution is 2.25. The van der Waals surface area contributed by atoms with E-state index in [1.165, 1.54) is 18.4 Å². The average Bonchev–Trinajstić information content (AvgIpc) is 3.20. The smallest absolute Gasteiger partial charge is 0.224 e. The number of hydrogen-bond acceptors (Lipinski definition) is 3. The van der Waals surface area contributed by atoms with Gasteiger partial charge in [0.1, 0.15) is 0 Å². The van der Waals surface area contributed by atoms with E-state index in [-0.39, 0.29) is 11.8 Å². The number of benzene rings is 1. The van der Waals surface area contributed by atoms with Gasteiger partial charge >= 0.3 is 0 Å². The Balaban J connectivity index is 1.64. The molecule has 1 amide bonds. The van der Waals surface area contributed by atoms with E-state index >= 15 is 0 Å². The molecular formula is C18H27N3O. The molecule has 0 radical (unpaired) electrons. The number of rotatable bonds is 5. The summed E-state index contributed by atoms with van der Waals surface area (Å²) in [4.78, 5) is 14.9. The molecule has 0 aliphatic carbocycles. The van der Waals surface area contributed by atoms with Crippen LogP contribution in [0.15, 0.2) is 30.3 Å². The van der Waals surface area contributed by atoms with E-state index in [1.807, 2.05) is 0 Å². The first-order valence-electron chi connectivity index (χ1n) is 8.53. The van der Waals surface area contributed by atoms with Gasteiger partial charge in [-0.2, -0.15) is 0 Å². The van der Waals surface area contributed by atoms with Gasteiger partial charge in [-0.1, -0.05) is 37.3 Å². The first-order valence-corrected chi connectivity index (χ1v) is 8.53. The van der Waals surface area contributed by atoms with Gasteiger partial charge in [0, 0.05) is 13.1 Å². The number of likely N-dealkylation sites (tertiary alicyclic amines) is 1. The van der Waals surface area contributed by atoms with Crippen LogP contribution in [0.3, 0.4) is 0 Å². The van der Waals surface area contributed by atoms with Crippen LogP contribution in [0.5, 0.6) is 0 Å². The largest absolute Gasteiger partial charge is 0.354 e. The topological polar surface area (TPSA) is 44.4 Å². The Labute approximate surface area is 133 Å². The predicted molar refractivity (Wildman–Crippen MR) is 88.5 cm³/mol. The van der Waals surface area contributed by atoms with E-state index in [0.717, 1.165) is 26.2 Å². The quantitative estimate of drug-likeness (QED) is 0.871. The molecule has 0 saturated carbocycles. The molecule has 0 bridgehead atoms. The standard InChI is InChI=1S/C18H27N3O/c1-14-11-19-12-16(14)18(22)20-13-17(21-9-5-6-10-21)15-7-3-2-4-8-15/h2-4,7-8,14,16-17,19H,5-6,9-13H2,1H3,(H,20,22)/t14-,16-,17?/m1/s1. The molecule has 2 N–H and O–H groups in total. The van der Waals surface area contributed by atoms with Gasteiger partial charge in [0.15, 0.2) is 0 Å². The number of carbonyl (C=O) groups is 1. The molecule has 4 heteroatoms.